The average molecular weight is 224 g/mol. The molecule has 2 nitrogen and oxygen atoms in total. The molecule has 1 N–H and O–H groups in total. The van der Waals surface area contributed by atoms with Crippen LogP contribution in [0.2, 0.25) is 0 Å². The zero-order valence-corrected chi connectivity index (χ0v) is 11.2. The van der Waals surface area contributed by atoms with Crippen molar-refractivity contribution in [3.63, 3.8) is 0 Å². The van der Waals surface area contributed by atoms with Gasteiger partial charge in [-0.1, -0.05) is 20.3 Å². The Balaban J connectivity index is 1.90. The van der Waals surface area contributed by atoms with Crippen molar-refractivity contribution in [2.75, 3.05) is 19.6 Å². The molecule has 2 heteroatoms. The quantitative estimate of drug-likeness (QED) is 0.789. The SMILES string of the molecule is CCC(C)CN1CC(C2CC2)NCCC1C. The van der Waals surface area contributed by atoms with Crippen LogP contribution in [0.5, 0.6) is 0 Å². The minimum absolute atomic E-state index is 0.769. The molecule has 0 bridgehead atoms. The summed E-state index contributed by atoms with van der Waals surface area (Å²) in [5.74, 6) is 1.84. The van der Waals surface area contributed by atoms with Gasteiger partial charge in [-0.3, -0.25) is 4.90 Å². The third kappa shape index (κ3) is 3.21. The van der Waals surface area contributed by atoms with E-state index in [2.05, 4.69) is 31.0 Å². The van der Waals surface area contributed by atoms with E-state index >= 15 is 0 Å². The van der Waals surface area contributed by atoms with Gasteiger partial charge in [0.1, 0.15) is 0 Å². The number of hydrogen-bond acceptors (Lipinski definition) is 2. The molecule has 0 spiro atoms. The molecular weight excluding hydrogens is 196 g/mol. The smallest absolute Gasteiger partial charge is 0.0223 e. The van der Waals surface area contributed by atoms with E-state index in [9.17, 15) is 0 Å². The van der Waals surface area contributed by atoms with Gasteiger partial charge in [0.05, 0.1) is 0 Å². The van der Waals surface area contributed by atoms with E-state index in [1.807, 2.05) is 0 Å². The minimum atomic E-state index is 0.769. The minimum Gasteiger partial charge on any atom is -0.312 e. The average Bonchev–Trinajstić information content (AvgIpc) is 3.08. The van der Waals surface area contributed by atoms with Gasteiger partial charge in [-0.2, -0.15) is 0 Å². The summed E-state index contributed by atoms with van der Waals surface area (Å²) in [6.07, 6.45) is 5.55. The number of rotatable bonds is 4. The molecular formula is C14H28N2. The second kappa shape index (κ2) is 5.50. The second-order valence-corrected chi connectivity index (χ2v) is 6.00. The first kappa shape index (κ1) is 12.4. The number of nitrogens with zero attached hydrogens (tertiary/aromatic N) is 1. The van der Waals surface area contributed by atoms with Crippen LogP contribution in [-0.4, -0.2) is 36.6 Å². The summed E-state index contributed by atoms with van der Waals surface area (Å²) in [5.41, 5.74) is 0. The van der Waals surface area contributed by atoms with Crippen molar-refractivity contribution in [2.45, 2.75) is 58.5 Å². The molecule has 0 aromatic rings. The Bertz CT molecular complexity index is 213. The van der Waals surface area contributed by atoms with E-state index in [0.29, 0.717) is 0 Å². The molecule has 2 fully saturated rings. The summed E-state index contributed by atoms with van der Waals surface area (Å²) in [6.45, 7) is 10.9. The summed E-state index contributed by atoms with van der Waals surface area (Å²) >= 11 is 0. The molecule has 16 heavy (non-hydrogen) atoms. The molecule has 2 rings (SSSR count). The lowest BCUT2D eigenvalue weighted by Gasteiger charge is -2.31. The molecule has 3 unspecified atom stereocenters. The van der Waals surface area contributed by atoms with Crippen LogP contribution in [0.1, 0.15) is 46.5 Å². The maximum absolute atomic E-state index is 3.75. The van der Waals surface area contributed by atoms with Gasteiger partial charge < -0.3 is 5.32 Å². The molecule has 3 atom stereocenters. The van der Waals surface area contributed by atoms with Crippen molar-refractivity contribution in [3.05, 3.63) is 0 Å². The van der Waals surface area contributed by atoms with Gasteiger partial charge in [0.15, 0.2) is 0 Å². The molecule has 2 aliphatic rings. The predicted octanol–water partition coefficient (Wildman–Crippen LogP) is 2.49. The fourth-order valence-electron chi connectivity index (χ4n) is 2.76. The van der Waals surface area contributed by atoms with E-state index in [1.54, 1.807) is 0 Å². The van der Waals surface area contributed by atoms with Crippen LogP contribution >= 0.6 is 0 Å². The van der Waals surface area contributed by atoms with Crippen LogP contribution in [0.3, 0.4) is 0 Å². The van der Waals surface area contributed by atoms with Crippen molar-refractivity contribution < 1.29 is 0 Å². The maximum atomic E-state index is 3.75. The summed E-state index contributed by atoms with van der Waals surface area (Å²) in [6, 6.07) is 1.55. The summed E-state index contributed by atoms with van der Waals surface area (Å²) in [5, 5.41) is 3.75. The van der Waals surface area contributed by atoms with Crippen LogP contribution in [-0.2, 0) is 0 Å². The lowest BCUT2D eigenvalue weighted by Crippen LogP contribution is -2.43. The maximum Gasteiger partial charge on any atom is 0.0223 e. The Morgan fingerprint density at radius 1 is 1.31 bits per heavy atom. The van der Waals surface area contributed by atoms with Gasteiger partial charge in [0.2, 0.25) is 0 Å². The normalized spacial score (nSPS) is 34.7. The van der Waals surface area contributed by atoms with Crippen molar-refractivity contribution in [2.24, 2.45) is 11.8 Å². The van der Waals surface area contributed by atoms with E-state index in [1.165, 1.54) is 45.3 Å². The zero-order chi connectivity index (χ0) is 11.5. The Morgan fingerprint density at radius 3 is 2.69 bits per heavy atom. The van der Waals surface area contributed by atoms with E-state index in [4.69, 9.17) is 0 Å². The summed E-state index contributed by atoms with van der Waals surface area (Å²) in [4.78, 5) is 2.73. The zero-order valence-electron chi connectivity index (χ0n) is 11.2. The topological polar surface area (TPSA) is 15.3 Å². The number of nitrogens with one attached hydrogen (secondary N) is 1. The molecule has 1 aliphatic heterocycles. The van der Waals surface area contributed by atoms with E-state index in [-0.39, 0.29) is 0 Å². The fraction of sp³-hybridized carbons (Fsp3) is 1.00. The Kier molecular flexibility index (Phi) is 4.26. The lowest BCUT2D eigenvalue weighted by molar-refractivity contribution is 0.172. The first-order valence-electron chi connectivity index (χ1n) is 7.18. The number of hydrogen-bond donors (Lipinski definition) is 1. The Morgan fingerprint density at radius 2 is 2.06 bits per heavy atom. The molecule has 1 aliphatic carbocycles. The summed E-state index contributed by atoms with van der Waals surface area (Å²) in [7, 11) is 0. The lowest BCUT2D eigenvalue weighted by atomic mass is 10.1. The molecule has 0 aromatic heterocycles. The molecule has 0 radical (unpaired) electrons. The van der Waals surface area contributed by atoms with Crippen LogP contribution in [0.4, 0.5) is 0 Å². The van der Waals surface area contributed by atoms with E-state index in [0.717, 1.165) is 23.9 Å². The first-order valence-corrected chi connectivity index (χ1v) is 7.18. The van der Waals surface area contributed by atoms with Gasteiger partial charge in [0, 0.05) is 25.2 Å². The van der Waals surface area contributed by atoms with Crippen LogP contribution < -0.4 is 5.32 Å². The molecule has 94 valence electrons. The van der Waals surface area contributed by atoms with Crippen LogP contribution in [0.15, 0.2) is 0 Å². The van der Waals surface area contributed by atoms with Crippen LogP contribution in [0.25, 0.3) is 0 Å². The van der Waals surface area contributed by atoms with Gasteiger partial charge in [-0.05, 0) is 44.6 Å². The molecule has 1 saturated carbocycles. The fourth-order valence-corrected chi connectivity index (χ4v) is 2.76. The first-order chi connectivity index (χ1) is 7.70. The van der Waals surface area contributed by atoms with Crippen molar-refractivity contribution >= 4 is 0 Å². The standard InChI is InChI=1S/C14H28N2/c1-4-11(2)9-16-10-14(13-5-6-13)15-8-7-12(16)3/h11-15H,4-10H2,1-3H3. The predicted molar refractivity (Wildman–Crippen MR) is 69.6 cm³/mol. The highest BCUT2D eigenvalue weighted by Crippen LogP contribution is 2.34. The van der Waals surface area contributed by atoms with Gasteiger partial charge in [-0.15, -0.1) is 0 Å². The molecule has 0 amide bonds. The highest BCUT2D eigenvalue weighted by atomic mass is 15.2. The Labute approximate surface area is 101 Å². The summed E-state index contributed by atoms with van der Waals surface area (Å²) < 4.78 is 0. The van der Waals surface area contributed by atoms with E-state index < -0.39 is 0 Å². The largest absolute Gasteiger partial charge is 0.312 e. The van der Waals surface area contributed by atoms with Crippen molar-refractivity contribution in [1.29, 1.82) is 0 Å². The molecule has 1 saturated heterocycles. The van der Waals surface area contributed by atoms with Gasteiger partial charge >= 0.3 is 0 Å². The van der Waals surface area contributed by atoms with Crippen LogP contribution in [0, 0.1) is 11.8 Å². The monoisotopic (exact) mass is 224 g/mol. The third-order valence-corrected chi connectivity index (χ3v) is 4.46. The third-order valence-electron chi connectivity index (χ3n) is 4.46. The highest BCUT2D eigenvalue weighted by Gasteiger charge is 2.34. The van der Waals surface area contributed by atoms with Crippen molar-refractivity contribution in [1.82, 2.24) is 10.2 Å². The second-order valence-electron chi connectivity index (χ2n) is 6.00. The molecule has 0 aromatic carbocycles. The Hall–Kier alpha value is -0.0800. The highest BCUT2D eigenvalue weighted by molar-refractivity contribution is 4.91. The van der Waals surface area contributed by atoms with Gasteiger partial charge in [-0.25, -0.2) is 0 Å². The van der Waals surface area contributed by atoms with Crippen molar-refractivity contribution in [3.8, 4) is 0 Å². The molecule has 1 heterocycles. The van der Waals surface area contributed by atoms with Gasteiger partial charge in [0.25, 0.3) is 0 Å².